The van der Waals surface area contributed by atoms with Crippen LogP contribution < -0.4 is 9.47 Å². The summed E-state index contributed by atoms with van der Waals surface area (Å²) in [5, 5.41) is 0. The van der Waals surface area contributed by atoms with E-state index in [4.69, 9.17) is 9.47 Å². The molecule has 0 saturated carbocycles. The van der Waals surface area contributed by atoms with Gasteiger partial charge in [0.25, 0.3) is 0 Å². The van der Waals surface area contributed by atoms with Crippen LogP contribution in [0.3, 0.4) is 0 Å². The minimum atomic E-state index is -3.08. The Balaban J connectivity index is 1.75. The van der Waals surface area contributed by atoms with Crippen molar-refractivity contribution in [3.63, 3.8) is 0 Å². The van der Waals surface area contributed by atoms with E-state index in [9.17, 15) is 8.42 Å². The Labute approximate surface area is 132 Å². The number of benzene rings is 1. The molecule has 1 saturated heterocycles. The fourth-order valence-electron chi connectivity index (χ4n) is 2.47. The van der Waals surface area contributed by atoms with Gasteiger partial charge in [0.05, 0.1) is 13.4 Å². The maximum atomic E-state index is 11.6. The van der Waals surface area contributed by atoms with Crippen LogP contribution in [0.4, 0.5) is 0 Å². The smallest absolute Gasteiger partial charge is 0.211 e. The predicted molar refractivity (Wildman–Crippen MR) is 86.0 cm³/mol. The van der Waals surface area contributed by atoms with Crippen molar-refractivity contribution in [3.8, 4) is 11.5 Å². The Morgan fingerprint density at radius 2 is 1.73 bits per heavy atom. The molecule has 0 unspecified atom stereocenters. The summed E-state index contributed by atoms with van der Waals surface area (Å²) < 4.78 is 35.5. The number of ether oxygens (including phenoxy) is 2. The van der Waals surface area contributed by atoms with Gasteiger partial charge in [0.2, 0.25) is 10.0 Å². The molecule has 7 heteroatoms. The molecule has 0 aliphatic carbocycles. The van der Waals surface area contributed by atoms with Crippen LogP contribution in [0.25, 0.3) is 0 Å². The first kappa shape index (κ1) is 17.1. The summed E-state index contributed by atoms with van der Waals surface area (Å²) in [7, 11) is -1.45. The molecule has 1 aromatic carbocycles. The number of hydrogen-bond donors (Lipinski definition) is 0. The maximum Gasteiger partial charge on any atom is 0.211 e. The molecular weight excluding hydrogens is 304 g/mol. The van der Waals surface area contributed by atoms with Gasteiger partial charge in [-0.3, -0.25) is 4.90 Å². The molecule has 1 aliphatic rings. The van der Waals surface area contributed by atoms with Gasteiger partial charge in [-0.2, -0.15) is 0 Å². The van der Waals surface area contributed by atoms with E-state index in [1.807, 2.05) is 24.3 Å². The molecule has 0 N–H and O–H groups in total. The second-order valence-electron chi connectivity index (χ2n) is 5.38. The zero-order chi connectivity index (χ0) is 16.0. The molecular formula is C15H24N2O4S. The minimum Gasteiger partial charge on any atom is -0.497 e. The Morgan fingerprint density at radius 3 is 2.36 bits per heavy atom. The molecule has 124 valence electrons. The number of nitrogens with zero attached hydrogens (tertiary/aromatic N) is 2. The molecule has 22 heavy (non-hydrogen) atoms. The van der Waals surface area contributed by atoms with E-state index in [-0.39, 0.29) is 0 Å². The van der Waals surface area contributed by atoms with Crippen molar-refractivity contribution in [1.82, 2.24) is 9.21 Å². The zero-order valence-corrected chi connectivity index (χ0v) is 14.0. The van der Waals surface area contributed by atoms with Crippen LogP contribution in [0, 0.1) is 0 Å². The summed E-state index contributed by atoms with van der Waals surface area (Å²) in [5.41, 5.74) is 0. The second-order valence-corrected chi connectivity index (χ2v) is 7.36. The number of sulfonamides is 1. The normalized spacial score (nSPS) is 17.9. The van der Waals surface area contributed by atoms with Gasteiger partial charge >= 0.3 is 0 Å². The van der Waals surface area contributed by atoms with E-state index in [1.54, 1.807) is 11.4 Å². The fraction of sp³-hybridized carbons (Fsp3) is 0.600. The number of hydrogen-bond acceptors (Lipinski definition) is 5. The third kappa shape index (κ3) is 5.15. The van der Waals surface area contributed by atoms with Gasteiger partial charge in [-0.15, -0.1) is 0 Å². The highest BCUT2D eigenvalue weighted by Gasteiger charge is 2.20. The maximum absolute atomic E-state index is 11.6. The fourth-order valence-corrected chi connectivity index (χ4v) is 3.34. The first-order valence-electron chi connectivity index (χ1n) is 7.43. The topological polar surface area (TPSA) is 59.1 Å². The quantitative estimate of drug-likeness (QED) is 0.781. The zero-order valence-electron chi connectivity index (χ0n) is 13.2. The lowest BCUT2D eigenvalue weighted by Crippen LogP contribution is -2.35. The second kappa shape index (κ2) is 7.80. The van der Waals surface area contributed by atoms with Crippen molar-refractivity contribution in [2.24, 2.45) is 0 Å². The van der Waals surface area contributed by atoms with Crippen LogP contribution in [0.2, 0.25) is 0 Å². The van der Waals surface area contributed by atoms with Gasteiger partial charge in [0, 0.05) is 26.2 Å². The molecule has 1 aromatic rings. The summed E-state index contributed by atoms with van der Waals surface area (Å²) in [5.74, 6) is 1.62. The average molecular weight is 328 g/mol. The van der Waals surface area contributed by atoms with Crippen LogP contribution in [0.1, 0.15) is 6.42 Å². The minimum absolute atomic E-state index is 0.557. The summed E-state index contributed by atoms with van der Waals surface area (Å²) in [6, 6.07) is 7.50. The Morgan fingerprint density at radius 1 is 1.05 bits per heavy atom. The molecule has 0 aromatic heterocycles. The predicted octanol–water partition coefficient (Wildman–Crippen LogP) is 1.04. The van der Waals surface area contributed by atoms with Gasteiger partial charge in [-0.25, -0.2) is 12.7 Å². The lowest BCUT2D eigenvalue weighted by atomic mass is 10.3. The highest BCUT2D eigenvalue weighted by molar-refractivity contribution is 7.88. The van der Waals surface area contributed by atoms with Crippen molar-refractivity contribution < 1.29 is 17.9 Å². The Hall–Kier alpha value is -1.31. The standard InChI is InChI=1S/C15H24N2O4S/c1-20-14-4-6-15(7-5-14)21-13-12-16-8-3-9-17(11-10-16)22(2,18)19/h4-7H,3,8-13H2,1-2H3. The SMILES string of the molecule is COc1ccc(OCCN2CCCN(S(C)(=O)=O)CC2)cc1. The highest BCUT2D eigenvalue weighted by atomic mass is 32.2. The Bertz CT molecular complexity index is 559. The number of rotatable bonds is 6. The molecule has 0 atom stereocenters. The van der Waals surface area contributed by atoms with E-state index in [1.165, 1.54) is 6.26 Å². The summed E-state index contributed by atoms with van der Waals surface area (Å²) in [6.45, 7) is 4.20. The van der Waals surface area contributed by atoms with Crippen LogP contribution in [0.5, 0.6) is 11.5 Å². The first-order valence-corrected chi connectivity index (χ1v) is 9.28. The largest absolute Gasteiger partial charge is 0.497 e. The summed E-state index contributed by atoms with van der Waals surface area (Å²) in [6.07, 6.45) is 2.13. The molecule has 1 fully saturated rings. The van der Waals surface area contributed by atoms with E-state index >= 15 is 0 Å². The van der Waals surface area contributed by atoms with Crippen LogP contribution in [-0.4, -0.2) is 70.3 Å². The molecule has 6 nitrogen and oxygen atoms in total. The van der Waals surface area contributed by atoms with E-state index in [0.29, 0.717) is 19.7 Å². The van der Waals surface area contributed by atoms with Crippen LogP contribution in [-0.2, 0) is 10.0 Å². The van der Waals surface area contributed by atoms with E-state index < -0.39 is 10.0 Å². The van der Waals surface area contributed by atoms with Gasteiger partial charge in [0.1, 0.15) is 18.1 Å². The van der Waals surface area contributed by atoms with E-state index in [2.05, 4.69) is 4.90 Å². The summed E-state index contributed by atoms with van der Waals surface area (Å²) in [4.78, 5) is 2.24. The Kier molecular flexibility index (Phi) is 6.05. The lowest BCUT2D eigenvalue weighted by Gasteiger charge is -2.20. The first-order chi connectivity index (χ1) is 10.5. The summed E-state index contributed by atoms with van der Waals surface area (Å²) >= 11 is 0. The monoisotopic (exact) mass is 328 g/mol. The molecule has 0 amide bonds. The molecule has 1 heterocycles. The van der Waals surface area contributed by atoms with Gasteiger partial charge in [0.15, 0.2) is 0 Å². The molecule has 1 aliphatic heterocycles. The molecule has 2 rings (SSSR count). The van der Waals surface area contributed by atoms with Gasteiger partial charge in [-0.05, 0) is 37.2 Å². The lowest BCUT2D eigenvalue weighted by molar-refractivity contribution is 0.215. The third-order valence-electron chi connectivity index (χ3n) is 3.75. The van der Waals surface area contributed by atoms with Gasteiger partial charge < -0.3 is 9.47 Å². The van der Waals surface area contributed by atoms with Crippen molar-refractivity contribution in [2.75, 3.05) is 52.7 Å². The molecule has 0 bridgehead atoms. The molecule has 0 spiro atoms. The van der Waals surface area contributed by atoms with Crippen molar-refractivity contribution >= 4 is 10.0 Å². The highest BCUT2D eigenvalue weighted by Crippen LogP contribution is 2.17. The van der Waals surface area contributed by atoms with Crippen LogP contribution in [0.15, 0.2) is 24.3 Å². The van der Waals surface area contributed by atoms with E-state index in [0.717, 1.165) is 37.6 Å². The third-order valence-corrected chi connectivity index (χ3v) is 5.06. The molecule has 0 radical (unpaired) electrons. The average Bonchev–Trinajstić information content (AvgIpc) is 2.73. The van der Waals surface area contributed by atoms with Gasteiger partial charge in [-0.1, -0.05) is 0 Å². The van der Waals surface area contributed by atoms with Crippen molar-refractivity contribution in [1.29, 1.82) is 0 Å². The van der Waals surface area contributed by atoms with Crippen molar-refractivity contribution in [2.45, 2.75) is 6.42 Å². The van der Waals surface area contributed by atoms with Crippen LogP contribution >= 0.6 is 0 Å². The van der Waals surface area contributed by atoms with Crippen molar-refractivity contribution in [3.05, 3.63) is 24.3 Å². The number of methoxy groups -OCH3 is 1.